The van der Waals surface area contributed by atoms with Crippen LogP contribution < -0.4 is 9.47 Å². The average Bonchev–Trinajstić information content (AvgIpc) is 3.21. The zero-order chi connectivity index (χ0) is 20.2. The molecule has 0 spiro atoms. The minimum Gasteiger partial charge on any atom is -0.493 e. The molecule has 0 aliphatic carbocycles. The van der Waals surface area contributed by atoms with Gasteiger partial charge < -0.3 is 14.4 Å². The lowest BCUT2D eigenvalue weighted by Gasteiger charge is -2.32. The molecule has 0 N–H and O–H groups in total. The van der Waals surface area contributed by atoms with E-state index < -0.39 is 0 Å². The number of fused-ring (bicyclic) bond motifs is 1. The van der Waals surface area contributed by atoms with Gasteiger partial charge in [0.2, 0.25) is 5.91 Å². The molecule has 0 saturated carbocycles. The highest BCUT2D eigenvalue weighted by molar-refractivity contribution is 7.18. The third-order valence-electron chi connectivity index (χ3n) is 5.53. The number of methoxy groups -OCH3 is 2. The van der Waals surface area contributed by atoms with Gasteiger partial charge in [0.15, 0.2) is 11.5 Å². The predicted octanol–water partition coefficient (Wildman–Crippen LogP) is 4.65. The Balaban J connectivity index is 1.41. The van der Waals surface area contributed by atoms with Gasteiger partial charge in [-0.15, -0.1) is 11.3 Å². The lowest BCUT2D eigenvalue weighted by molar-refractivity contribution is -0.132. The molecule has 0 unspecified atom stereocenters. The summed E-state index contributed by atoms with van der Waals surface area (Å²) in [7, 11) is 3.26. The molecule has 1 amide bonds. The fourth-order valence-corrected chi connectivity index (χ4v) is 5.11. The second-order valence-corrected chi connectivity index (χ2v) is 8.41. The summed E-state index contributed by atoms with van der Waals surface area (Å²) in [6.07, 6.45) is 3.22. The first-order valence-electron chi connectivity index (χ1n) is 10.0. The monoisotopic (exact) mass is 410 g/mol. The molecular weight excluding hydrogens is 384 g/mol. The van der Waals surface area contributed by atoms with E-state index in [-0.39, 0.29) is 5.91 Å². The van der Waals surface area contributed by atoms with Crippen molar-refractivity contribution in [1.82, 2.24) is 9.88 Å². The van der Waals surface area contributed by atoms with Gasteiger partial charge in [-0.2, -0.15) is 0 Å². The van der Waals surface area contributed by atoms with E-state index in [2.05, 4.69) is 12.1 Å². The van der Waals surface area contributed by atoms with Crippen molar-refractivity contribution in [2.24, 2.45) is 0 Å². The van der Waals surface area contributed by atoms with E-state index in [4.69, 9.17) is 14.5 Å². The Morgan fingerprint density at radius 1 is 1.17 bits per heavy atom. The lowest BCUT2D eigenvalue weighted by Crippen LogP contribution is -2.39. The second-order valence-electron chi connectivity index (χ2n) is 7.35. The molecule has 29 heavy (non-hydrogen) atoms. The van der Waals surface area contributed by atoms with Crippen LogP contribution in [0, 0.1) is 0 Å². The van der Waals surface area contributed by atoms with Crippen LogP contribution in [0.4, 0.5) is 0 Å². The highest BCUT2D eigenvalue weighted by Gasteiger charge is 2.27. The van der Waals surface area contributed by atoms with Gasteiger partial charge in [-0.25, -0.2) is 4.98 Å². The molecule has 1 aliphatic rings. The standard InChI is InChI=1S/C23H26N2O3S/c1-27-19-10-5-7-16(22(19)28-2)12-13-21(26)25-14-6-8-17(15-25)23-24-18-9-3-4-11-20(18)29-23/h3-5,7,9-11,17H,6,8,12-15H2,1-2H3/t17-/m1/s1. The maximum atomic E-state index is 12.9. The number of likely N-dealkylation sites (tertiary alicyclic amines) is 1. The van der Waals surface area contributed by atoms with Crippen molar-refractivity contribution >= 4 is 27.5 Å². The van der Waals surface area contributed by atoms with Gasteiger partial charge in [0.1, 0.15) is 0 Å². The Labute approximate surface area is 175 Å². The summed E-state index contributed by atoms with van der Waals surface area (Å²) < 4.78 is 12.1. The summed E-state index contributed by atoms with van der Waals surface area (Å²) in [5.74, 6) is 1.94. The Bertz CT molecular complexity index is 968. The minimum absolute atomic E-state index is 0.195. The van der Waals surface area contributed by atoms with Crippen LogP contribution >= 0.6 is 11.3 Å². The molecule has 1 fully saturated rings. The molecule has 6 heteroatoms. The van der Waals surface area contributed by atoms with Crippen LogP contribution in [0.1, 0.15) is 35.8 Å². The number of ether oxygens (including phenoxy) is 2. The van der Waals surface area contributed by atoms with Crippen molar-refractivity contribution in [3.05, 3.63) is 53.0 Å². The van der Waals surface area contributed by atoms with Crippen LogP contribution in [0.2, 0.25) is 0 Å². The Morgan fingerprint density at radius 2 is 2.03 bits per heavy atom. The molecule has 0 bridgehead atoms. The van der Waals surface area contributed by atoms with Crippen LogP contribution in [0.3, 0.4) is 0 Å². The van der Waals surface area contributed by atoms with Crippen LogP contribution in [0.5, 0.6) is 11.5 Å². The van der Waals surface area contributed by atoms with E-state index in [9.17, 15) is 4.79 Å². The van der Waals surface area contributed by atoms with Gasteiger partial charge in [0, 0.05) is 25.4 Å². The molecule has 5 nitrogen and oxygen atoms in total. The van der Waals surface area contributed by atoms with Gasteiger partial charge in [0.05, 0.1) is 29.4 Å². The number of nitrogens with zero attached hydrogens (tertiary/aromatic N) is 2. The zero-order valence-electron chi connectivity index (χ0n) is 16.9. The molecular formula is C23H26N2O3S. The fraction of sp³-hybridized carbons (Fsp3) is 0.391. The molecule has 0 radical (unpaired) electrons. The molecule has 1 saturated heterocycles. The summed E-state index contributed by atoms with van der Waals surface area (Å²) in [6.45, 7) is 1.59. The number of aromatic nitrogens is 1. The summed E-state index contributed by atoms with van der Waals surface area (Å²) >= 11 is 1.76. The molecule has 1 atom stereocenters. The number of carbonyl (C=O) groups is 1. The Morgan fingerprint density at radius 3 is 2.83 bits per heavy atom. The largest absolute Gasteiger partial charge is 0.493 e. The Kier molecular flexibility index (Phi) is 6.00. The molecule has 2 heterocycles. The summed E-state index contributed by atoms with van der Waals surface area (Å²) in [5, 5.41) is 1.15. The molecule has 152 valence electrons. The van der Waals surface area contributed by atoms with Crippen molar-refractivity contribution in [2.75, 3.05) is 27.3 Å². The van der Waals surface area contributed by atoms with E-state index in [1.807, 2.05) is 35.2 Å². The number of benzene rings is 2. The quantitative estimate of drug-likeness (QED) is 0.593. The molecule has 1 aliphatic heterocycles. The van der Waals surface area contributed by atoms with Crippen LogP contribution in [0.15, 0.2) is 42.5 Å². The number of thiazole rings is 1. The number of hydrogen-bond donors (Lipinski definition) is 0. The number of hydrogen-bond acceptors (Lipinski definition) is 5. The normalized spacial score (nSPS) is 16.8. The summed E-state index contributed by atoms with van der Waals surface area (Å²) in [6, 6.07) is 14.0. The number of rotatable bonds is 6. The van der Waals surface area contributed by atoms with E-state index >= 15 is 0 Å². The summed E-state index contributed by atoms with van der Waals surface area (Å²) in [4.78, 5) is 19.7. The SMILES string of the molecule is COc1cccc(CCC(=O)N2CCC[C@@H](c3nc4ccccc4s3)C2)c1OC. The van der Waals surface area contributed by atoms with Gasteiger partial charge in [0.25, 0.3) is 0 Å². The van der Waals surface area contributed by atoms with Gasteiger partial charge in [-0.1, -0.05) is 24.3 Å². The average molecular weight is 411 g/mol. The third-order valence-corrected chi connectivity index (χ3v) is 6.73. The minimum atomic E-state index is 0.195. The van der Waals surface area contributed by atoms with E-state index in [1.54, 1.807) is 25.6 Å². The molecule has 2 aromatic carbocycles. The van der Waals surface area contributed by atoms with Crippen molar-refractivity contribution in [2.45, 2.75) is 31.6 Å². The van der Waals surface area contributed by atoms with Gasteiger partial charge in [-0.3, -0.25) is 4.79 Å². The van der Waals surface area contributed by atoms with Gasteiger partial charge in [-0.05, 0) is 43.0 Å². The maximum absolute atomic E-state index is 12.9. The van der Waals surface area contributed by atoms with E-state index in [1.165, 1.54) is 4.70 Å². The van der Waals surface area contributed by atoms with Crippen LogP contribution in [-0.4, -0.2) is 43.1 Å². The maximum Gasteiger partial charge on any atom is 0.222 e. The first kappa shape index (κ1) is 19.7. The van der Waals surface area contributed by atoms with Crippen molar-refractivity contribution in [3.63, 3.8) is 0 Å². The predicted molar refractivity (Wildman–Crippen MR) is 116 cm³/mol. The smallest absolute Gasteiger partial charge is 0.222 e. The topological polar surface area (TPSA) is 51.7 Å². The number of carbonyl (C=O) groups excluding carboxylic acids is 1. The van der Waals surface area contributed by atoms with E-state index in [0.717, 1.165) is 42.0 Å². The van der Waals surface area contributed by atoms with Crippen LogP contribution in [-0.2, 0) is 11.2 Å². The summed E-state index contributed by atoms with van der Waals surface area (Å²) in [5.41, 5.74) is 2.06. The zero-order valence-corrected chi connectivity index (χ0v) is 17.7. The van der Waals surface area contributed by atoms with Crippen molar-refractivity contribution < 1.29 is 14.3 Å². The molecule has 4 rings (SSSR count). The second kappa shape index (κ2) is 8.82. The van der Waals surface area contributed by atoms with Crippen molar-refractivity contribution in [3.8, 4) is 11.5 Å². The first-order chi connectivity index (χ1) is 14.2. The lowest BCUT2D eigenvalue weighted by atomic mass is 9.98. The number of aryl methyl sites for hydroxylation is 1. The molecule has 1 aromatic heterocycles. The van der Waals surface area contributed by atoms with Gasteiger partial charge >= 0.3 is 0 Å². The number of amides is 1. The number of para-hydroxylation sites is 2. The third kappa shape index (κ3) is 4.22. The van der Waals surface area contributed by atoms with Crippen molar-refractivity contribution in [1.29, 1.82) is 0 Å². The van der Waals surface area contributed by atoms with Crippen LogP contribution in [0.25, 0.3) is 10.2 Å². The highest BCUT2D eigenvalue weighted by Crippen LogP contribution is 2.34. The Hall–Kier alpha value is -2.60. The first-order valence-corrected chi connectivity index (χ1v) is 10.8. The fourth-order valence-electron chi connectivity index (χ4n) is 4.02. The molecule has 3 aromatic rings. The van der Waals surface area contributed by atoms with E-state index in [0.29, 0.717) is 30.3 Å². The number of piperidine rings is 1. The highest BCUT2D eigenvalue weighted by atomic mass is 32.1.